The summed E-state index contributed by atoms with van der Waals surface area (Å²) in [5, 5.41) is 0. The predicted octanol–water partition coefficient (Wildman–Crippen LogP) is 2.11. The van der Waals surface area contributed by atoms with Crippen molar-refractivity contribution in [3.05, 3.63) is 0 Å². The Hall–Kier alpha value is -0.120. The zero-order valence-electron chi connectivity index (χ0n) is 12.0. The van der Waals surface area contributed by atoms with Crippen molar-refractivity contribution in [2.45, 2.75) is 45.6 Å². The van der Waals surface area contributed by atoms with Gasteiger partial charge in [0.05, 0.1) is 6.61 Å². The van der Waals surface area contributed by atoms with Crippen LogP contribution in [0.5, 0.6) is 0 Å². The van der Waals surface area contributed by atoms with Gasteiger partial charge < -0.3 is 10.5 Å². The van der Waals surface area contributed by atoms with E-state index in [0.717, 1.165) is 38.6 Å². The van der Waals surface area contributed by atoms with E-state index in [4.69, 9.17) is 10.5 Å². The van der Waals surface area contributed by atoms with Gasteiger partial charge in [-0.3, -0.25) is 4.90 Å². The third kappa shape index (κ3) is 3.67. The third-order valence-electron chi connectivity index (χ3n) is 4.08. The molecule has 0 aromatic rings. The maximum atomic E-state index is 6.13. The van der Waals surface area contributed by atoms with Gasteiger partial charge in [0.2, 0.25) is 0 Å². The van der Waals surface area contributed by atoms with Gasteiger partial charge in [0.1, 0.15) is 0 Å². The van der Waals surface area contributed by atoms with E-state index in [1.54, 1.807) is 7.11 Å². The minimum absolute atomic E-state index is 0.225. The molecule has 3 nitrogen and oxygen atoms in total. The minimum atomic E-state index is 0.225. The molecule has 1 rings (SSSR count). The Labute approximate surface area is 107 Å². The third-order valence-corrected chi connectivity index (χ3v) is 4.08. The Morgan fingerprint density at radius 1 is 1.41 bits per heavy atom. The molecular formula is C14H30N2O. The highest BCUT2D eigenvalue weighted by Gasteiger charge is 2.46. The first-order chi connectivity index (χ1) is 8.10. The van der Waals surface area contributed by atoms with E-state index in [2.05, 4.69) is 25.7 Å². The van der Waals surface area contributed by atoms with E-state index >= 15 is 0 Å². The summed E-state index contributed by atoms with van der Waals surface area (Å²) >= 11 is 0. The van der Waals surface area contributed by atoms with E-state index in [1.807, 2.05) is 0 Å². The summed E-state index contributed by atoms with van der Waals surface area (Å²) in [6.45, 7) is 10.6. The Kier molecular flexibility index (Phi) is 5.90. The standard InChI is InChI=1S/C14H30N2O/c1-5-14(11-15,13-6-7-13)16(8-9-17-4)10-12(2)3/h12-13H,5-11,15H2,1-4H3. The molecule has 0 aliphatic heterocycles. The van der Waals surface area contributed by atoms with Gasteiger partial charge >= 0.3 is 0 Å². The van der Waals surface area contributed by atoms with Crippen LogP contribution in [0.1, 0.15) is 40.0 Å². The summed E-state index contributed by atoms with van der Waals surface area (Å²) in [5.41, 5.74) is 6.35. The first kappa shape index (κ1) is 14.9. The monoisotopic (exact) mass is 242 g/mol. The normalized spacial score (nSPS) is 19.9. The first-order valence-corrected chi connectivity index (χ1v) is 7.04. The summed E-state index contributed by atoms with van der Waals surface area (Å²) in [5.74, 6) is 1.50. The van der Waals surface area contributed by atoms with Crippen molar-refractivity contribution >= 4 is 0 Å². The second-order valence-electron chi connectivity index (χ2n) is 5.77. The molecule has 1 unspecified atom stereocenters. The van der Waals surface area contributed by atoms with Crippen molar-refractivity contribution in [3.63, 3.8) is 0 Å². The van der Waals surface area contributed by atoms with E-state index in [-0.39, 0.29) is 5.54 Å². The van der Waals surface area contributed by atoms with Crippen molar-refractivity contribution < 1.29 is 4.74 Å². The van der Waals surface area contributed by atoms with Gasteiger partial charge in [-0.25, -0.2) is 0 Å². The molecule has 0 bridgehead atoms. The second-order valence-corrected chi connectivity index (χ2v) is 5.77. The van der Waals surface area contributed by atoms with Crippen LogP contribution in [0.4, 0.5) is 0 Å². The minimum Gasteiger partial charge on any atom is -0.383 e. The molecule has 0 amide bonds. The molecule has 1 aliphatic rings. The molecule has 1 atom stereocenters. The maximum absolute atomic E-state index is 6.13. The van der Waals surface area contributed by atoms with Crippen molar-refractivity contribution in [3.8, 4) is 0 Å². The zero-order chi connectivity index (χ0) is 12.9. The summed E-state index contributed by atoms with van der Waals surface area (Å²) in [7, 11) is 1.78. The van der Waals surface area contributed by atoms with Crippen molar-refractivity contribution in [2.24, 2.45) is 17.6 Å². The van der Waals surface area contributed by atoms with Crippen LogP contribution in [0.15, 0.2) is 0 Å². The van der Waals surface area contributed by atoms with Crippen LogP contribution in [0.2, 0.25) is 0 Å². The van der Waals surface area contributed by atoms with E-state index in [1.165, 1.54) is 12.8 Å². The van der Waals surface area contributed by atoms with Crippen molar-refractivity contribution in [1.82, 2.24) is 4.90 Å². The Morgan fingerprint density at radius 2 is 2.06 bits per heavy atom. The molecule has 17 heavy (non-hydrogen) atoms. The second kappa shape index (κ2) is 6.72. The molecule has 0 aromatic heterocycles. The summed E-state index contributed by atoms with van der Waals surface area (Å²) in [4.78, 5) is 2.60. The predicted molar refractivity (Wildman–Crippen MR) is 73.1 cm³/mol. The average molecular weight is 242 g/mol. The smallest absolute Gasteiger partial charge is 0.0589 e. The number of ether oxygens (including phenoxy) is 1. The first-order valence-electron chi connectivity index (χ1n) is 7.04. The zero-order valence-corrected chi connectivity index (χ0v) is 12.0. The lowest BCUT2D eigenvalue weighted by Crippen LogP contribution is -2.57. The van der Waals surface area contributed by atoms with Crippen LogP contribution in [-0.2, 0) is 4.74 Å². The molecule has 0 radical (unpaired) electrons. The lowest BCUT2D eigenvalue weighted by molar-refractivity contribution is 0.0320. The molecule has 0 spiro atoms. The summed E-state index contributed by atoms with van der Waals surface area (Å²) in [6.07, 6.45) is 3.86. The molecule has 0 aromatic carbocycles. The Balaban J connectivity index is 2.74. The quantitative estimate of drug-likeness (QED) is 0.673. The number of hydrogen-bond acceptors (Lipinski definition) is 3. The Morgan fingerprint density at radius 3 is 2.41 bits per heavy atom. The topological polar surface area (TPSA) is 38.5 Å². The van der Waals surface area contributed by atoms with Gasteiger partial charge in [-0.1, -0.05) is 20.8 Å². The summed E-state index contributed by atoms with van der Waals surface area (Å²) in [6, 6.07) is 0. The van der Waals surface area contributed by atoms with Crippen LogP contribution in [0, 0.1) is 11.8 Å². The van der Waals surface area contributed by atoms with Gasteiger partial charge in [0.25, 0.3) is 0 Å². The van der Waals surface area contributed by atoms with Gasteiger partial charge in [0.15, 0.2) is 0 Å². The molecule has 0 heterocycles. The van der Waals surface area contributed by atoms with Gasteiger partial charge in [-0.15, -0.1) is 0 Å². The van der Waals surface area contributed by atoms with E-state index < -0.39 is 0 Å². The molecule has 3 heteroatoms. The number of nitrogens with zero attached hydrogens (tertiary/aromatic N) is 1. The van der Waals surface area contributed by atoms with E-state index in [0.29, 0.717) is 5.92 Å². The lowest BCUT2D eigenvalue weighted by atomic mass is 9.87. The van der Waals surface area contributed by atoms with Crippen LogP contribution in [0.3, 0.4) is 0 Å². The highest BCUT2D eigenvalue weighted by atomic mass is 16.5. The molecule has 1 aliphatic carbocycles. The van der Waals surface area contributed by atoms with Crippen molar-refractivity contribution in [2.75, 3.05) is 33.4 Å². The number of rotatable bonds is 9. The van der Waals surface area contributed by atoms with E-state index in [9.17, 15) is 0 Å². The van der Waals surface area contributed by atoms with Crippen LogP contribution in [0.25, 0.3) is 0 Å². The number of nitrogens with two attached hydrogens (primary N) is 1. The fourth-order valence-corrected chi connectivity index (χ4v) is 2.97. The van der Waals surface area contributed by atoms with Gasteiger partial charge in [-0.05, 0) is 31.1 Å². The van der Waals surface area contributed by atoms with Crippen LogP contribution < -0.4 is 5.73 Å². The highest BCUT2D eigenvalue weighted by molar-refractivity contribution is 5.02. The number of methoxy groups -OCH3 is 1. The fourth-order valence-electron chi connectivity index (χ4n) is 2.97. The molecule has 2 N–H and O–H groups in total. The van der Waals surface area contributed by atoms with Gasteiger partial charge in [0, 0.05) is 32.3 Å². The molecule has 1 fully saturated rings. The van der Waals surface area contributed by atoms with Crippen LogP contribution >= 0.6 is 0 Å². The molecule has 102 valence electrons. The molecule has 1 saturated carbocycles. The Bertz CT molecular complexity index is 210. The van der Waals surface area contributed by atoms with Crippen LogP contribution in [-0.4, -0.2) is 43.8 Å². The largest absolute Gasteiger partial charge is 0.383 e. The maximum Gasteiger partial charge on any atom is 0.0589 e. The highest BCUT2D eigenvalue weighted by Crippen LogP contribution is 2.44. The van der Waals surface area contributed by atoms with Gasteiger partial charge in [-0.2, -0.15) is 0 Å². The summed E-state index contributed by atoms with van der Waals surface area (Å²) < 4.78 is 5.26. The number of hydrogen-bond donors (Lipinski definition) is 1. The SMILES string of the molecule is CCC(CN)(C1CC1)N(CCOC)CC(C)C. The lowest BCUT2D eigenvalue weighted by Gasteiger charge is -2.44. The fraction of sp³-hybridized carbons (Fsp3) is 1.00. The van der Waals surface area contributed by atoms with Crippen molar-refractivity contribution in [1.29, 1.82) is 0 Å². The molecule has 0 saturated heterocycles. The average Bonchev–Trinajstić information content (AvgIpc) is 3.12. The molecular weight excluding hydrogens is 212 g/mol.